The number of hydrogen-bond donors (Lipinski definition) is 1. The Kier molecular flexibility index (Phi) is 8.39. The molecule has 242 valence electrons. The number of nitrogens with one attached hydrogen (secondary N) is 1. The van der Waals surface area contributed by atoms with E-state index in [1.807, 2.05) is 59.1 Å². The van der Waals surface area contributed by atoms with Crippen LogP contribution in [0.3, 0.4) is 0 Å². The van der Waals surface area contributed by atoms with Gasteiger partial charge in [-0.15, -0.1) is 0 Å². The highest BCUT2D eigenvalue weighted by Crippen LogP contribution is 2.63. The molecule has 3 aromatic heterocycles. The number of fused-ring (bicyclic) bond motifs is 2. The zero-order chi connectivity index (χ0) is 33.8. The Labute approximate surface area is 281 Å². The second kappa shape index (κ2) is 12.2. The summed E-state index contributed by atoms with van der Waals surface area (Å²) in [6, 6.07) is 6.72. The molecule has 0 saturated carbocycles. The van der Waals surface area contributed by atoms with Crippen molar-refractivity contribution in [3.05, 3.63) is 75.2 Å². The molecule has 2 atom stereocenters. The highest BCUT2D eigenvalue weighted by Gasteiger charge is 2.64. The molecule has 0 radical (unpaired) electrons. The molecule has 1 fully saturated rings. The molecule has 0 unspecified atom stereocenters. The van der Waals surface area contributed by atoms with Crippen LogP contribution in [-0.2, 0) is 16.1 Å². The topological polar surface area (TPSA) is 139 Å². The zero-order valence-corrected chi connectivity index (χ0v) is 29.0. The summed E-state index contributed by atoms with van der Waals surface area (Å²) in [5.74, 6) is 0.238. The lowest BCUT2D eigenvalue weighted by Gasteiger charge is -2.25. The maximum absolute atomic E-state index is 14.4. The number of Topliss-reactive ketones (excluding diaryl/α,β-unsaturated/α-hetero) is 1. The SMILES string of the molecule is CN=Cc1cc(-c2cnc(C)nc2)cc2c(C(C)=O)nn(CC(=O)N3C4=C(C)[C@@]4(CN(C)C)C[C@H]3C(=O)Nc3nc(Br)ccc3C)c12. The number of pyridine rings is 1. The Bertz CT molecular complexity index is 2020. The number of rotatable bonds is 9. The summed E-state index contributed by atoms with van der Waals surface area (Å²) in [4.78, 5) is 62.2. The molecule has 12 nitrogen and oxygen atoms in total. The van der Waals surface area contributed by atoms with Crippen LogP contribution in [0, 0.1) is 19.3 Å². The number of aromatic nitrogens is 5. The summed E-state index contributed by atoms with van der Waals surface area (Å²) in [6.45, 7) is 7.65. The van der Waals surface area contributed by atoms with Crippen LogP contribution in [0.4, 0.5) is 5.82 Å². The minimum absolute atomic E-state index is 0.186. The van der Waals surface area contributed by atoms with Gasteiger partial charge in [0.15, 0.2) is 5.78 Å². The average molecular weight is 699 g/mol. The van der Waals surface area contributed by atoms with Crippen LogP contribution in [0.15, 0.2) is 57.5 Å². The van der Waals surface area contributed by atoms with Crippen LogP contribution < -0.4 is 5.32 Å². The molecule has 2 aliphatic rings. The number of carbonyl (C=O) groups is 3. The third kappa shape index (κ3) is 5.78. The van der Waals surface area contributed by atoms with Gasteiger partial charge in [-0.25, -0.2) is 15.0 Å². The maximum Gasteiger partial charge on any atom is 0.249 e. The van der Waals surface area contributed by atoms with Gasteiger partial charge in [0.25, 0.3) is 0 Å². The normalized spacial score (nSPS) is 18.8. The van der Waals surface area contributed by atoms with Gasteiger partial charge in [-0.05, 0) is 92.1 Å². The molecule has 1 saturated heterocycles. The first kappa shape index (κ1) is 32.3. The third-order valence-electron chi connectivity index (χ3n) is 8.89. The summed E-state index contributed by atoms with van der Waals surface area (Å²) in [5, 5.41) is 8.22. The van der Waals surface area contributed by atoms with Gasteiger partial charge in [0.05, 0.1) is 5.52 Å². The minimum atomic E-state index is -0.750. The number of hydrogen-bond acceptors (Lipinski definition) is 9. The fourth-order valence-electron chi connectivity index (χ4n) is 6.74. The largest absolute Gasteiger partial charge is 0.309 e. The Morgan fingerprint density at radius 1 is 1.13 bits per heavy atom. The Morgan fingerprint density at radius 3 is 2.51 bits per heavy atom. The number of ketones is 1. The molecule has 1 aromatic carbocycles. The third-order valence-corrected chi connectivity index (χ3v) is 9.34. The number of halogens is 1. The highest BCUT2D eigenvalue weighted by atomic mass is 79.9. The first-order valence-corrected chi connectivity index (χ1v) is 16.0. The predicted octanol–water partition coefficient (Wildman–Crippen LogP) is 4.59. The van der Waals surface area contributed by atoms with E-state index in [9.17, 15) is 14.4 Å². The summed E-state index contributed by atoms with van der Waals surface area (Å²) >= 11 is 3.38. The van der Waals surface area contributed by atoms with Gasteiger partial charge < -0.3 is 15.1 Å². The van der Waals surface area contributed by atoms with Gasteiger partial charge in [0.2, 0.25) is 11.8 Å². The second-order valence-corrected chi connectivity index (χ2v) is 13.3. The van der Waals surface area contributed by atoms with E-state index in [0.717, 1.165) is 28.0 Å². The van der Waals surface area contributed by atoms with Crippen molar-refractivity contribution in [1.82, 2.24) is 34.5 Å². The first-order valence-electron chi connectivity index (χ1n) is 15.2. The zero-order valence-electron chi connectivity index (χ0n) is 27.4. The van der Waals surface area contributed by atoms with Crippen LogP contribution in [0.5, 0.6) is 0 Å². The van der Waals surface area contributed by atoms with E-state index < -0.39 is 6.04 Å². The van der Waals surface area contributed by atoms with Crippen LogP contribution in [-0.4, -0.2) is 92.1 Å². The molecule has 1 aliphatic heterocycles. The van der Waals surface area contributed by atoms with Crippen LogP contribution in [0.1, 0.15) is 47.7 Å². The second-order valence-electron chi connectivity index (χ2n) is 12.5. The molecule has 2 amide bonds. The first-order chi connectivity index (χ1) is 22.3. The van der Waals surface area contributed by atoms with Gasteiger partial charge in [0.1, 0.15) is 34.5 Å². The molecule has 47 heavy (non-hydrogen) atoms. The average Bonchev–Trinajstić information content (AvgIpc) is 3.29. The van der Waals surface area contributed by atoms with Crippen LogP contribution >= 0.6 is 15.9 Å². The van der Waals surface area contributed by atoms with Gasteiger partial charge in [-0.2, -0.15) is 5.10 Å². The summed E-state index contributed by atoms with van der Waals surface area (Å²) in [5.41, 5.74) is 5.49. The van der Waals surface area contributed by atoms with Crippen molar-refractivity contribution in [2.45, 2.75) is 46.7 Å². The molecule has 1 N–H and O–H groups in total. The lowest BCUT2D eigenvalue weighted by atomic mass is 9.93. The van der Waals surface area contributed by atoms with E-state index in [4.69, 9.17) is 0 Å². The summed E-state index contributed by atoms with van der Waals surface area (Å²) < 4.78 is 2.15. The van der Waals surface area contributed by atoms with Gasteiger partial charge >= 0.3 is 0 Å². The number of likely N-dealkylation sites (tertiary alicyclic amines) is 1. The Balaban J connectivity index is 1.40. The minimum Gasteiger partial charge on any atom is -0.309 e. The van der Waals surface area contributed by atoms with Crippen molar-refractivity contribution in [3.8, 4) is 11.1 Å². The maximum atomic E-state index is 14.4. The monoisotopic (exact) mass is 697 g/mol. The van der Waals surface area contributed by atoms with Crippen molar-refractivity contribution in [2.75, 3.05) is 33.0 Å². The number of aliphatic imine (C=N–C) groups is 1. The number of aryl methyl sites for hydroxylation is 2. The molecule has 6 rings (SSSR count). The van der Waals surface area contributed by atoms with Gasteiger partial charge in [0, 0.05) is 66.7 Å². The van der Waals surface area contributed by atoms with E-state index in [1.54, 1.807) is 35.2 Å². The fraction of sp³-hybridized carbons (Fsp3) is 0.353. The van der Waals surface area contributed by atoms with E-state index in [1.165, 1.54) is 6.92 Å². The molecule has 0 bridgehead atoms. The lowest BCUT2D eigenvalue weighted by Crippen LogP contribution is -2.44. The van der Waals surface area contributed by atoms with Crippen LogP contribution in [0.25, 0.3) is 22.0 Å². The Morgan fingerprint density at radius 2 is 1.85 bits per heavy atom. The van der Waals surface area contributed by atoms with E-state index in [-0.39, 0.29) is 35.3 Å². The lowest BCUT2D eigenvalue weighted by molar-refractivity contribution is -0.135. The number of benzene rings is 1. The molecular weight excluding hydrogens is 662 g/mol. The van der Waals surface area contributed by atoms with E-state index in [0.29, 0.717) is 45.7 Å². The summed E-state index contributed by atoms with van der Waals surface area (Å²) in [6.07, 6.45) is 5.61. The molecule has 1 aliphatic carbocycles. The quantitative estimate of drug-likeness (QED) is 0.152. The van der Waals surface area contributed by atoms with Crippen molar-refractivity contribution in [2.24, 2.45) is 10.4 Å². The van der Waals surface area contributed by atoms with Crippen molar-refractivity contribution in [1.29, 1.82) is 0 Å². The van der Waals surface area contributed by atoms with Crippen molar-refractivity contribution < 1.29 is 14.4 Å². The molecule has 4 aromatic rings. The van der Waals surface area contributed by atoms with E-state index in [2.05, 4.69) is 51.2 Å². The van der Waals surface area contributed by atoms with Crippen molar-refractivity contribution in [3.63, 3.8) is 0 Å². The molecule has 4 heterocycles. The standard InChI is InChI=1S/C34H36BrN9O3/c1-18-8-9-27(35)39-32(18)40-33(47)26-12-34(17-42(6)7)19(2)31(34)44(26)28(46)16-43-30-23(13-36-5)10-22(24-14-37-21(4)38-15-24)11-25(30)29(41-43)20(3)45/h8-11,13-15,26H,12,16-17H2,1-7H3,(H,39,40,47)/t26-,34-/m0/s1. The Hall–Kier alpha value is -4.62. The van der Waals surface area contributed by atoms with Gasteiger partial charge in [-0.3, -0.25) is 24.1 Å². The smallest absolute Gasteiger partial charge is 0.249 e. The molecule has 0 spiro atoms. The number of amides is 2. The highest BCUT2D eigenvalue weighted by molar-refractivity contribution is 9.10. The number of nitrogens with zero attached hydrogens (tertiary/aromatic N) is 8. The predicted molar refractivity (Wildman–Crippen MR) is 183 cm³/mol. The van der Waals surface area contributed by atoms with Gasteiger partial charge in [-0.1, -0.05) is 6.07 Å². The number of carbonyl (C=O) groups excluding carboxylic acids is 3. The summed E-state index contributed by atoms with van der Waals surface area (Å²) in [7, 11) is 5.63. The number of anilines is 1. The van der Waals surface area contributed by atoms with Crippen molar-refractivity contribution >= 4 is 56.5 Å². The van der Waals surface area contributed by atoms with E-state index >= 15 is 0 Å². The molecule has 13 heteroatoms. The molecular formula is C34H36BrN9O3. The fourth-order valence-corrected chi connectivity index (χ4v) is 7.05. The van der Waals surface area contributed by atoms with Crippen LogP contribution in [0.2, 0.25) is 0 Å².